The molecule has 2 N–H and O–H groups in total. The van der Waals surface area contributed by atoms with E-state index in [4.69, 9.17) is 0 Å². The molecule has 1 rings (SSSR count). The number of aryl methyl sites for hydroxylation is 1. The molecule has 1 atom stereocenters. The predicted molar refractivity (Wildman–Crippen MR) is 77.1 cm³/mol. The van der Waals surface area contributed by atoms with Crippen molar-refractivity contribution in [3.05, 3.63) is 29.8 Å². The van der Waals surface area contributed by atoms with E-state index in [1.54, 1.807) is 12.1 Å². The Bertz CT molecular complexity index is 322. The van der Waals surface area contributed by atoms with Crippen LogP contribution in [0.15, 0.2) is 24.3 Å². The van der Waals surface area contributed by atoms with Gasteiger partial charge in [-0.05, 0) is 71.1 Å². The molecule has 3 heteroatoms. The van der Waals surface area contributed by atoms with Gasteiger partial charge < -0.3 is 15.3 Å². The van der Waals surface area contributed by atoms with E-state index >= 15 is 0 Å². The Kier molecular flexibility index (Phi) is 6.76. The summed E-state index contributed by atoms with van der Waals surface area (Å²) in [5.41, 5.74) is 1.29. The Morgan fingerprint density at radius 3 is 2.50 bits per heavy atom. The van der Waals surface area contributed by atoms with Crippen LogP contribution >= 0.6 is 0 Å². The van der Waals surface area contributed by atoms with Crippen LogP contribution in [0.5, 0.6) is 5.75 Å². The van der Waals surface area contributed by atoms with Gasteiger partial charge in [-0.15, -0.1) is 0 Å². The van der Waals surface area contributed by atoms with Gasteiger partial charge in [-0.1, -0.05) is 12.1 Å². The minimum atomic E-state index is 0.341. The first-order valence-corrected chi connectivity index (χ1v) is 6.74. The van der Waals surface area contributed by atoms with Gasteiger partial charge in [-0.3, -0.25) is 0 Å². The van der Waals surface area contributed by atoms with Crippen molar-refractivity contribution >= 4 is 0 Å². The Labute approximate surface area is 111 Å². The SMILES string of the molecule is CC(CCc1ccc(O)cc1)NCCCN(C)C. The van der Waals surface area contributed by atoms with Gasteiger partial charge in [0, 0.05) is 6.04 Å². The predicted octanol–water partition coefficient (Wildman–Crippen LogP) is 2.25. The Morgan fingerprint density at radius 1 is 1.22 bits per heavy atom. The minimum Gasteiger partial charge on any atom is -0.508 e. The fourth-order valence-corrected chi connectivity index (χ4v) is 1.89. The third kappa shape index (κ3) is 6.62. The standard InChI is InChI=1S/C15H26N2O/c1-13(16-11-4-12-17(2)3)5-6-14-7-9-15(18)10-8-14/h7-10,13,16,18H,4-6,11-12H2,1-3H3. The van der Waals surface area contributed by atoms with E-state index in [0.717, 1.165) is 25.9 Å². The topological polar surface area (TPSA) is 35.5 Å². The molecule has 0 aromatic heterocycles. The lowest BCUT2D eigenvalue weighted by atomic mass is 10.1. The van der Waals surface area contributed by atoms with Gasteiger partial charge >= 0.3 is 0 Å². The molecule has 0 fully saturated rings. The second kappa shape index (κ2) is 8.11. The quantitative estimate of drug-likeness (QED) is 0.695. The number of rotatable bonds is 8. The minimum absolute atomic E-state index is 0.341. The van der Waals surface area contributed by atoms with Gasteiger partial charge in [0.25, 0.3) is 0 Å². The Morgan fingerprint density at radius 2 is 1.89 bits per heavy atom. The van der Waals surface area contributed by atoms with E-state index in [1.807, 2.05) is 12.1 Å². The maximum atomic E-state index is 9.21. The number of benzene rings is 1. The zero-order valence-corrected chi connectivity index (χ0v) is 11.8. The molecule has 0 aliphatic rings. The van der Waals surface area contributed by atoms with Crippen molar-refractivity contribution in [3.8, 4) is 5.75 Å². The van der Waals surface area contributed by atoms with Crippen LogP contribution in [0.4, 0.5) is 0 Å². The van der Waals surface area contributed by atoms with Crippen molar-refractivity contribution < 1.29 is 5.11 Å². The highest BCUT2D eigenvalue weighted by atomic mass is 16.3. The van der Waals surface area contributed by atoms with Crippen LogP contribution < -0.4 is 5.32 Å². The summed E-state index contributed by atoms with van der Waals surface area (Å²) in [7, 11) is 4.21. The lowest BCUT2D eigenvalue weighted by molar-refractivity contribution is 0.385. The molecule has 102 valence electrons. The van der Waals surface area contributed by atoms with Crippen molar-refractivity contribution in [2.45, 2.75) is 32.2 Å². The van der Waals surface area contributed by atoms with Gasteiger partial charge in [0.15, 0.2) is 0 Å². The van der Waals surface area contributed by atoms with Crippen molar-refractivity contribution in [3.63, 3.8) is 0 Å². The Hall–Kier alpha value is -1.06. The molecule has 0 radical (unpaired) electrons. The van der Waals surface area contributed by atoms with Crippen molar-refractivity contribution in [1.29, 1.82) is 0 Å². The molecular weight excluding hydrogens is 224 g/mol. The molecule has 1 aromatic rings. The van der Waals surface area contributed by atoms with Gasteiger partial charge in [0.1, 0.15) is 5.75 Å². The highest BCUT2D eigenvalue weighted by Gasteiger charge is 2.02. The summed E-state index contributed by atoms with van der Waals surface area (Å²) in [6, 6.07) is 8.04. The third-order valence-electron chi connectivity index (χ3n) is 3.08. The normalized spacial score (nSPS) is 12.9. The first kappa shape index (κ1) is 15.0. The van der Waals surface area contributed by atoms with Crippen LogP contribution in [0.2, 0.25) is 0 Å². The zero-order valence-electron chi connectivity index (χ0n) is 11.8. The van der Waals surface area contributed by atoms with Crippen molar-refractivity contribution in [2.24, 2.45) is 0 Å². The first-order chi connectivity index (χ1) is 8.58. The van der Waals surface area contributed by atoms with E-state index in [9.17, 15) is 5.11 Å². The Balaban J connectivity index is 2.13. The van der Waals surface area contributed by atoms with Gasteiger partial charge in [0.05, 0.1) is 0 Å². The smallest absolute Gasteiger partial charge is 0.115 e. The molecule has 3 nitrogen and oxygen atoms in total. The molecule has 1 unspecified atom stereocenters. The van der Waals surface area contributed by atoms with Crippen molar-refractivity contribution in [1.82, 2.24) is 10.2 Å². The maximum absolute atomic E-state index is 9.21. The van der Waals surface area contributed by atoms with E-state index in [1.165, 1.54) is 12.0 Å². The second-order valence-corrected chi connectivity index (χ2v) is 5.22. The van der Waals surface area contributed by atoms with Gasteiger partial charge in [0.2, 0.25) is 0 Å². The number of hydrogen-bond acceptors (Lipinski definition) is 3. The fraction of sp³-hybridized carbons (Fsp3) is 0.600. The molecule has 0 heterocycles. The van der Waals surface area contributed by atoms with Crippen LogP contribution in [0, 0.1) is 0 Å². The highest BCUT2D eigenvalue weighted by Crippen LogP contribution is 2.11. The molecule has 0 aliphatic heterocycles. The second-order valence-electron chi connectivity index (χ2n) is 5.22. The van der Waals surface area contributed by atoms with Crippen LogP contribution in [0.25, 0.3) is 0 Å². The number of phenols is 1. The van der Waals surface area contributed by atoms with E-state index in [0.29, 0.717) is 11.8 Å². The fourth-order valence-electron chi connectivity index (χ4n) is 1.89. The summed E-state index contributed by atoms with van der Waals surface area (Å²) in [5, 5.41) is 12.7. The summed E-state index contributed by atoms with van der Waals surface area (Å²) < 4.78 is 0. The van der Waals surface area contributed by atoms with Gasteiger partial charge in [-0.2, -0.15) is 0 Å². The lowest BCUT2D eigenvalue weighted by Gasteiger charge is -2.15. The summed E-state index contributed by atoms with van der Waals surface area (Å²) in [6.45, 7) is 4.45. The summed E-state index contributed by atoms with van der Waals surface area (Å²) in [5.74, 6) is 0.341. The molecule has 0 aliphatic carbocycles. The molecule has 0 bridgehead atoms. The maximum Gasteiger partial charge on any atom is 0.115 e. The first-order valence-electron chi connectivity index (χ1n) is 6.74. The van der Waals surface area contributed by atoms with Crippen LogP contribution in [-0.2, 0) is 6.42 Å². The molecule has 0 saturated heterocycles. The van der Waals surface area contributed by atoms with E-state index in [2.05, 4.69) is 31.2 Å². The third-order valence-corrected chi connectivity index (χ3v) is 3.08. The zero-order chi connectivity index (χ0) is 13.4. The highest BCUT2D eigenvalue weighted by molar-refractivity contribution is 5.25. The lowest BCUT2D eigenvalue weighted by Crippen LogP contribution is -2.29. The number of hydrogen-bond donors (Lipinski definition) is 2. The van der Waals surface area contributed by atoms with Crippen LogP contribution in [0.1, 0.15) is 25.3 Å². The van der Waals surface area contributed by atoms with Crippen LogP contribution in [0.3, 0.4) is 0 Å². The molecule has 0 saturated carbocycles. The summed E-state index contributed by atoms with van der Waals surface area (Å²) >= 11 is 0. The van der Waals surface area contributed by atoms with Crippen LogP contribution in [-0.4, -0.2) is 43.2 Å². The molecule has 0 spiro atoms. The average Bonchev–Trinajstić information content (AvgIpc) is 2.34. The summed E-state index contributed by atoms with van der Waals surface area (Å²) in [4.78, 5) is 2.21. The largest absolute Gasteiger partial charge is 0.508 e. The molecular formula is C15H26N2O. The van der Waals surface area contributed by atoms with E-state index < -0.39 is 0 Å². The molecule has 18 heavy (non-hydrogen) atoms. The number of phenolic OH excluding ortho intramolecular Hbond substituents is 1. The van der Waals surface area contributed by atoms with E-state index in [-0.39, 0.29) is 0 Å². The number of nitrogens with zero attached hydrogens (tertiary/aromatic N) is 1. The molecule has 1 aromatic carbocycles. The average molecular weight is 250 g/mol. The summed E-state index contributed by atoms with van der Waals surface area (Å²) in [6.07, 6.45) is 3.38. The van der Waals surface area contributed by atoms with Gasteiger partial charge in [-0.25, -0.2) is 0 Å². The number of nitrogens with one attached hydrogen (secondary N) is 1. The number of aromatic hydroxyl groups is 1. The van der Waals surface area contributed by atoms with Crippen molar-refractivity contribution in [2.75, 3.05) is 27.2 Å². The molecule has 0 amide bonds. The monoisotopic (exact) mass is 250 g/mol.